The van der Waals surface area contributed by atoms with Crippen LogP contribution < -0.4 is 10.7 Å². The largest absolute Gasteiger partial charge is 0.313 e. The van der Waals surface area contributed by atoms with Crippen molar-refractivity contribution in [2.45, 2.75) is 20.8 Å². The Balaban J connectivity index is 3.59. The molecule has 0 fully saturated rings. The van der Waals surface area contributed by atoms with Crippen molar-refractivity contribution < 1.29 is 4.79 Å². The minimum atomic E-state index is -0.0980. The van der Waals surface area contributed by atoms with Crippen molar-refractivity contribution in [3.63, 3.8) is 0 Å². The standard InChI is InChI=1S/C6H13N3O/c1-4-7-9-5(2)8-6(3)10/h7H,4H2,1-3H3,(H,8,9,10). The fourth-order valence-electron chi connectivity index (χ4n) is 0.480. The fraction of sp³-hybridized carbons (Fsp3) is 0.667. The molecule has 0 aromatic carbocycles. The van der Waals surface area contributed by atoms with Crippen molar-refractivity contribution in [1.29, 1.82) is 0 Å². The summed E-state index contributed by atoms with van der Waals surface area (Å²) in [5, 5.41) is 6.34. The van der Waals surface area contributed by atoms with Crippen LogP contribution in [0.15, 0.2) is 5.10 Å². The summed E-state index contributed by atoms with van der Waals surface area (Å²) in [6.07, 6.45) is 0. The van der Waals surface area contributed by atoms with Gasteiger partial charge in [-0.1, -0.05) is 0 Å². The van der Waals surface area contributed by atoms with Gasteiger partial charge in [0.1, 0.15) is 5.84 Å². The van der Waals surface area contributed by atoms with Gasteiger partial charge in [0.2, 0.25) is 5.91 Å². The third-order valence-corrected chi connectivity index (χ3v) is 0.762. The molecular formula is C6H13N3O. The van der Waals surface area contributed by atoms with Crippen molar-refractivity contribution in [3.8, 4) is 0 Å². The van der Waals surface area contributed by atoms with Crippen LogP contribution in [0.3, 0.4) is 0 Å². The lowest BCUT2D eigenvalue weighted by molar-refractivity contribution is -0.117. The summed E-state index contributed by atoms with van der Waals surface area (Å²) >= 11 is 0. The van der Waals surface area contributed by atoms with Crippen molar-refractivity contribution in [2.75, 3.05) is 6.54 Å². The average molecular weight is 143 g/mol. The third-order valence-electron chi connectivity index (χ3n) is 0.762. The zero-order valence-corrected chi connectivity index (χ0v) is 6.56. The number of carbonyl (C=O) groups excluding carboxylic acids is 1. The second-order valence-corrected chi connectivity index (χ2v) is 1.89. The number of nitrogens with one attached hydrogen (secondary N) is 2. The molecule has 0 aromatic heterocycles. The predicted molar refractivity (Wildman–Crippen MR) is 40.6 cm³/mol. The molecule has 0 radical (unpaired) electrons. The molecule has 4 nitrogen and oxygen atoms in total. The summed E-state index contributed by atoms with van der Waals surface area (Å²) in [5.74, 6) is 0.494. The molecule has 0 aliphatic heterocycles. The van der Waals surface area contributed by atoms with Crippen LogP contribution in [-0.2, 0) is 4.79 Å². The van der Waals surface area contributed by atoms with E-state index < -0.39 is 0 Å². The van der Waals surface area contributed by atoms with Gasteiger partial charge in [0.25, 0.3) is 0 Å². The summed E-state index contributed by atoms with van der Waals surface area (Å²) in [4.78, 5) is 10.4. The molecule has 2 N–H and O–H groups in total. The number of hydrogen-bond acceptors (Lipinski definition) is 3. The first-order valence-electron chi connectivity index (χ1n) is 3.21. The Labute approximate surface area is 60.7 Å². The molecule has 0 aliphatic rings. The van der Waals surface area contributed by atoms with E-state index in [1.54, 1.807) is 6.92 Å². The van der Waals surface area contributed by atoms with Gasteiger partial charge >= 0.3 is 0 Å². The summed E-state index contributed by atoms with van der Waals surface area (Å²) in [6.45, 7) is 5.87. The zero-order valence-electron chi connectivity index (χ0n) is 6.56. The van der Waals surface area contributed by atoms with Crippen LogP contribution in [0.4, 0.5) is 0 Å². The van der Waals surface area contributed by atoms with Gasteiger partial charge in [0, 0.05) is 13.5 Å². The minimum Gasteiger partial charge on any atom is -0.313 e. The molecule has 0 saturated carbocycles. The molecule has 0 spiro atoms. The van der Waals surface area contributed by atoms with E-state index in [1.807, 2.05) is 6.92 Å². The van der Waals surface area contributed by atoms with Gasteiger partial charge in [0.15, 0.2) is 0 Å². The van der Waals surface area contributed by atoms with Gasteiger partial charge in [-0.2, -0.15) is 5.10 Å². The second-order valence-electron chi connectivity index (χ2n) is 1.89. The fourth-order valence-corrected chi connectivity index (χ4v) is 0.480. The third kappa shape index (κ3) is 5.08. The maximum absolute atomic E-state index is 10.4. The van der Waals surface area contributed by atoms with Gasteiger partial charge in [-0.05, 0) is 13.8 Å². The van der Waals surface area contributed by atoms with Gasteiger partial charge in [-0.15, -0.1) is 0 Å². The molecule has 10 heavy (non-hydrogen) atoms. The predicted octanol–water partition coefficient (Wildman–Crippen LogP) is 0.0654. The van der Waals surface area contributed by atoms with E-state index in [1.165, 1.54) is 6.92 Å². The quantitative estimate of drug-likeness (QED) is 0.326. The highest BCUT2D eigenvalue weighted by Crippen LogP contribution is 1.68. The number of nitrogens with zero attached hydrogens (tertiary/aromatic N) is 1. The molecular weight excluding hydrogens is 130 g/mol. The Hall–Kier alpha value is -1.06. The average Bonchev–Trinajstić information content (AvgIpc) is 1.82. The lowest BCUT2D eigenvalue weighted by Crippen LogP contribution is -2.27. The van der Waals surface area contributed by atoms with E-state index in [4.69, 9.17) is 0 Å². The monoisotopic (exact) mass is 143 g/mol. The Kier molecular flexibility index (Phi) is 4.28. The molecule has 0 atom stereocenters. The van der Waals surface area contributed by atoms with Crippen molar-refractivity contribution in [2.24, 2.45) is 5.10 Å². The van der Waals surface area contributed by atoms with Crippen LogP contribution in [0.25, 0.3) is 0 Å². The van der Waals surface area contributed by atoms with Crippen LogP contribution >= 0.6 is 0 Å². The first-order chi connectivity index (χ1) is 4.66. The van der Waals surface area contributed by atoms with Crippen LogP contribution in [0.1, 0.15) is 20.8 Å². The molecule has 4 heteroatoms. The van der Waals surface area contributed by atoms with Gasteiger partial charge in [-0.25, -0.2) is 0 Å². The number of rotatable bonds is 2. The molecule has 0 heterocycles. The first kappa shape index (κ1) is 8.94. The number of amides is 1. The Morgan fingerprint density at radius 3 is 2.50 bits per heavy atom. The van der Waals surface area contributed by atoms with Gasteiger partial charge < -0.3 is 10.7 Å². The molecule has 58 valence electrons. The summed E-state index contributed by atoms with van der Waals surface area (Å²) < 4.78 is 0. The lowest BCUT2D eigenvalue weighted by atomic mass is 10.6. The minimum absolute atomic E-state index is 0.0980. The maximum Gasteiger partial charge on any atom is 0.222 e. The Morgan fingerprint density at radius 2 is 2.10 bits per heavy atom. The molecule has 0 bridgehead atoms. The molecule has 0 saturated heterocycles. The van der Waals surface area contributed by atoms with Crippen LogP contribution in [0.5, 0.6) is 0 Å². The van der Waals surface area contributed by atoms with E-state index in [9.17, 15) is 4.79 Å². The maximum atomic E-state index is 10.4. The van der Waals surface area contributed by atoms with E-state index in [2.05, 4.69) is 15.8 Å². The highest BCUT2D eigenvalue weighted by Gasteiger charge is 1.90. The summed E-state index contributed by atoms with van der Waals surface area (Å²) in [7, 11) is 0. The molecule has 0 unspecified atom stereocenters. The zero-order chi connectivity index (χ0) is 7.98. The van der Waals surface area contributed by atoms with Gasteiger partial charge in [0.05, 0.1) is 0 Å². The Morgan fingerprint density at radius 1 is 1.50 bits per heavy atom. The highest BCUT2D eigenvalue weighted by molar-refractivity contribution is 5.95. The normalized spacial score (nSPS) is 10.9. The smallest absolute Gasteiger partial charge is 0.222 e. The van der Waals surface area contributed by atoms with Crippen molar-refractivity contribution in [3.05, 3.63) is 0 Å². The highest BCUT2D eigenvalue weighted by atomic mass is 16.1. The van der Waals surface area contributed by atoms with Crippen LogP contribution in [-0.4, -0.2) is 18.3 Å². The summed E-state index contributed by atoms with van der Waals surface area (Å²) in [5.41, 5.74) is 2.73. The van der Waals surface area contributed by atoms with Gasteiger partial charge in [-0.3, -0.25) is 4.79 Å². The van der Waals surface area contributed by atoms with Crippen LogP contribution in [0, 0.1) is 0 Å². The number of amidine groups is 1. The van der Waals surface area contributed by atoms with Crippen molar-refractivity contribution in [1.82, 2.24) is 10.7 Å². The van der Waals surface area contributed by atoms with E-state index in [0.717, 1.165) is 6.54 Å². The Bertz CT molecular complexity index is 142. The molecule has 1 amide bonds. The SMILES string of the molecule is CCN/N=C(\C)NC(C)=O. The topological polar surface area (TPSA) is 53.5 Å². The number of carbonyl (C=O) groups is 1. The molecule has 0 aromatic rings. The van der Waals surface area contributed by atoms with E-state index in [0.29, 0.717) is 5.84 Å². The lowest BCUT2D eigenvalue weighted by Gasteiger charge is -1.99. The first-order valence-corrected chi connectivity index (χ1v) is 3.21. The molecule has 0 rings (SSSR count). The molecule has 0 aliphatic carbocycles. The van der Waals surface area contributed by atoms with E-state index in [-0.39, 0.29) is 5.91 Å². The van der Waals surface area contributed by atoms with Crippen LogP contribution in [0.2, 0.25) is 0 Å². The number of hydrazone groups is 1. The second kappa shape index (κ2) is 4.78. The van der Waals surface area contributed by atoms with Crippen molar-refractivity contribution >= 4 is 11.7 Å². The summed E-state index contributed by atoms with van der Waals surface area (Å²) in [6, 6.07) is 0. The van der Waals surface area contributed by atoms with E-state index >= 15 is 0 Å². The number of hydrogen-bond donors (Lipinski definition) is 2.